The highest BCUT2D eigenvalue weighted by atomic mass is 127. The van der Waals surface area contributed by atoms with Crippen molar-refractivity contribution in [2.45, 2.75) is 57.6 Å². The van der Waals surface area contributed by atoms with Gasteiger partial charge >= 0.3 is 0 Å². The van der Waals surface area contributed by atoms with Crippen molar-refractivity contribution in [1.29, 1.82) is 0 Å². The molecule has 2 fully saturated rings. The SMILES string of the molecule is C=CCCCN(C)C(=NC)NC1CC(OCC)C12CCC2.I. The highest BCUT2D eigenvalue weighted by Crippen LogP contribution is 2.57. The molecule has 1 spiro atoms. The second-order valence-electron chi connectivity index (χ2n) is 6.36. The van der Waals surface area contributed by atoms with Gasteiger partial charge in [-0.3, -0.25) is 4.99 Å². The fourth-order valence-electron chi connectivity index (χ4n) is 3.72. The van der Waals surface area contributed by atoms with Crippen LogP contribution in [0.1, 0.15) is 45.4 Å². The Morgan fingerprint density at radius 2 is 2.23 bits per heavy atom. The van der Waals surface area contributed by atoms with E-state index in [4.69, 9.17) is 4.74 Å². The summed E-state index contributed by atoms with van der Waals surface area (Å²) in [5.41, 5.74) is 0.383. The maximum atomic E-state index is 5.92. The summed E-state index contributed by atoms with van der Waals surface area (Å²) in [7, 11) is 3.99. The summed E-state index contributed by atoms with van der Waals surface area (Å²) in [5.74, 6) is 1.02. The van der Waals surface area contributed by atoms with Crippen LogP contribution in [-0.4, -0.2) is 50.3 Å². The van der Waals surface area contributed by atoms with Gasteiger partial charge in [0.1, 0.15) is 0 Å². The zero-order chi connectivity index (χ0) is 15.3. The summed E-state index contributed by atoms with van der Waals surface area (Å²) < 4.78 is 5.92. The summed E-state index contributed by atoms with van der Waals surface area (Å²) in [6.07, 6.45) is 9.67. The number of nitrogens with zero attached hydrogens (tertiary/aromatic N) is 2. The Bertz CT molecular complexity index is 382. The van der Waals surface area contributed by atoms with Gasteiger partial charge in [-0.1, -0.05) is 12.5 Å². The number of hydrogen-bond acceptors (Lipinski definition) is 2. The van der Waals surface area contributed by atoms with E-state index in [1.807, 2.05) is 13.1 Å². The van der Waals surface area contributed by atoms with Crippen LogP contribution in [0.15, 0.2) is 17.6 Å². The summed E-state index contributed by atoms with van der Waals surface area (Å²) in [6.45, 7) is 7.72. The second-order valence-corrected chi connectivity index (χ2v) is 6.36. The van der Waals surface area contributed by atoms with Crippen molar-refractivity contribution in [2.75, 3.05) is 27.2 Å². The Morgan fingerprint density at radius 3 is 2.73 bits per heavy atom. The molecule has 2 aliphatic rings. The van der Waals surface area contributed by atoms with E-state index in [1.54, 1.807) is 0 Å². The van der Waals surface area contributed by atoms with Crippen LogP contribution >= 0.6 is 24.0 Å². The predicted molar refractivity (Wildman–Crippen MR) is 104 cm³/mol. The minimum atomic E-state index is 0. The molecule has 0 amide bonds. The molecule has 2 atom stereocenters. The molecule has 22 heavy (non-hydrogen) atoms. The molecule has 4 nitrogen and oxygen atoms in total. The monoisotopic (exact) mass is 421 g/mol. The van der Waals surface area contributed by atoms with Gasteiger partial charge in [0.2, 0.25) is 0 Å². The number of ether oxygens (including phenoxy) is 1. The van der Waals surface area contributed by atoms with Crippen LogP contribution in [0.4, 0.5) is 0 Å². The molecule has 5 heteroatoms. The fourth-order valence-corrected chi connectivity index (χ4v) is 3.72. The first-order chi connectivity index (χ1) is 10.2. The van der Waals surface area contributed by atoms with E-state index in [2.05, 4.69) is 35.8 Å². The van der Waals surface area contributed by atoms with Gasteiger partial charge in [0.15, 0.2) is 5.96 Å². The molecule has 0 aromatic carbocycles. The minimum Gasteiger partial charge on any atom is -0.378 e. The van der Waals surface area contributed by atoms with Crippen LogP contribution in [0.2, 0.25) is 0 Å². The molecular weight excluding hydrogens is 389 g/mol. The maximum Gasteiger partial charge on any atom is 0.193 e. The Balaban J connectivity index is 0.00000242. The molecule has 2 aliphatic carbocycles. The van der Waals surface area contributed by atoms with Gasteiger partial charge in [-0.2, -0.15) is 0 Å². The molecule has 2 unspecified atom stereocenters. The molecule has 2 rings (SSSR count). The van der Waals surface area contributed by atoms with E-state index in [1.165, 1.54) is 19.3 Å². The molecule has 0 aromatic heterocycles. The van der Waals surface area contributed by atoms with Gasteiger partial charge in [-0.15, -0.1) is 30.6 Å². The number of unbranched alkanes of at least 4 members (excludes halogenated alkanes) is 1. The smallest absolute Gasteiger partial charge is 0.193 e. The van der Waals surface area contributed by atoms with E-state index >= 15 is 0 Å². The lowest BCUT2D eigenvalue weighted by atomic mass is 9.51. The molecule has 128 valence electrons. The van der Waals surface area contributed by atoms with Crippen LogP contribution < -0.4 is 5.32 Å². The number of nitrogens with one attached hydrogen (secondary N) is 1. The van der Waals surface area contributed by atoms with Crippen molar-refractivity contribution in [2.24, 2.45) is 10.4 Å². The molecule has 1 N–H and O–H groups in total. The molecule has 0 aliphatic heterocycles. The lowest BCUT2D eigenvalue weighted by Gasteiger charge is -2.61. The maximum absolute atomic E-state index is 5.92. The molecule has 0 bridgehead atoms. The van der Waals surface area contributed by atoms with Crippen molar-refractivity contribution in [1.82, 2.24) is 10.2 Å². The van der Waals surface area contributed by atoms with Crippen molar-refractivity contribution in [3.63, 3.8) is 0 Å². The Labute approximate surface area is 152 Å². The fraction of sp³-hybridized carbons (Fsp3) is 0.824. The summed E-state index contributed by atoms with van der Waals surface area (Å²) in [6, 6.07) is 0.531. The predicted octanol–water partition coefficient (Wildman–Crippen LogP) is 3.43. The lowest BCUT2D eigenvalue weighted by molar-refractivity contribution is -0.168. The van der Waals surface area contributed by atoms with Crippen LogP contribution in [0.3, 0.4) is 0 Å². The van der Waals surface area contributed by atoms with E-state index in [9.17, 15) is 0 Å². The number of hydrogen-bond donors (Lipinski definition) is 1. The van der Waals surface area contributed by atoms with E-state index in [-0.39, 0.29) is 24.0 Å². The molecule has 0 radical (unpaired) electrons. The average Bonchev–Trinajstić information content (AvgIpc) is 2.40. The second kappa shape index (κ2) is 9.11. The van der Waals surface area contributed by atoms with E-state index < -0.39 is 0 Å². The van der Waals surface area contributed by atoms with Crippen molar-refractivity contribution in [3.8, 4) is 0 Å². The highest BCUT2D eigenvalue weighted by Gasteiger charge is 2.59. The Morgan fingerprint density at radius 1 is 1.50 bits per heavy atom. The number of allylic oxidation sites excluding steroid dienone is 1. The summed E-state index contributed by atoms with van der Waals surface area (Å²) in [4.78, 5) is 6.67. The van der Waals surface area contributed by atoms with Gasteiger partial charge in [0.05, 0.1) is 6.10 Å². The van der Waals surface area contributed by atoms with Gasteiger partial charge < -0.3 is 15.0 Å². The van der Waals surface area contributed by atoms with E-state index in [0.717, 1.165) is 38.4 Å². The van der Waals surface area contributed by atoms with Crippen LogP contribution in [0.5, 0.6) is 0 Å². The summed E-state index contributed by atoms with van der Waals surface area (Å²) >= 11 is 0. The molecule has 0 saturated heterocycles. The lowest BCUT2D eigenvalue weighted by Crippen LogP contribution is -2.68. The third kappa shape index (κ3) is 3.96. The largest absolute Gasteiger partial charge is 0.378 e. The first-order valence-electron chi connectivity index (χ1n) is 8.35. The van der Waals surface area contributed by atoms with Crippen LogP contribution in [-0.2, 0) is 4.74 Å². The third-order valence-electron chi connectivity index (χ3n) is 5.22. The minimum absolute atomic E-state index is 0. The van der Waals surface area contributed by atoms with Gasteiger partial charge in [-0.25, -0.2) is 0 Å². The Hall–Kier alpha value is -0.300. The quantitative estimate of drug-likeness (QED) is 0.225. The molecule has 0 aromatic rings. The van der Waals surface area contributed by atoms with Gasteiger partial charge in [0, 0.05) is 38.7 Å². The summed E-state index contributed by atoms with van der Waals surface area (Å²) in [5, 5.41) is 3.68. The van der Waals surface area contributed by atoms with Crippen LogP contribution in [0, 0.1) is 5.41 Å². The van der Waals surface area contributed by atoms with Crippen molar-refractivity contribution in [3.05, 3.63) is 12.7 Å². The third-order valence-corrected chi connectivity index (χ3v) is 5.22. The molecular formula is C17H32IN3O. The normalized spacial score (nSPS) is 25.7. The number of rotatable bonds is 7. The Kier molecular flexibility index (Phi) is 8.17. The van der Waals surface area contributed by atoms with Crippen LogP contribution in [0.25, 0.3) is 0 Å². The average molecular weight is 421 g/mol. The topological polar surface area (TPSA) is 36.9 Å². The molecule has 2 saturated carbocycles. The first kappa shape index (κ1) is 19.7. The number of guanidine groups is 1. The first-order valence-corrected chi connectivity index (χ1v) is 8.35. The zero-order valence-electron chi connectivity index (χ0n) is 14.3. The number of aliphatic imine (C=N–C) groups is 1. The van der Waals surface area contributed by atoms with Crippen molar-refractivity contribution >= 4 is 29.9 Å². The molecule has 0 heterocycles. The van der Waals surface area contributed by atoms with Gasteiger partial charge in [0.25, 0.3) is 0 Å². The standard InChI is InChI=1S/C17H31N3O.HI/c1-5-7-8-12-20(4)16(18-3)19-14-13-15(21-6-2)17(14)10-9-11-17;/h5,14-15H,1,6-13H2,2-4H3,(H,18,19);1H. The van der Waals surface area contributed by atoms with E-state index in [0.29, 0.717) is 17.6 Å². The van der Waals surface area contributed by atoms with Crippen molar-refractivity contribution < 1.29 is 4.74 Å². The zero-order valence-corrected chi connectivity index (χ0v) is 16.6. The highest BCUT2D eigenvalue weighted by molar-refractivity contribution is 14.0. The van der Waals surface area contributed by atoms with Gasteiger partial charge in [-0.05, 0) is 39.0 Å². The number of halogens is 1.